The highest BCUT2D eigenvalue weighted by Crippen LogP contribution is 2.17. The number of carbonyl (C=O) groups excluding carboxylic acids is 1. The number of hydrogen-bond acceptors (Lipinski definition) is 6. The fourth-order valence-corrected chi connectivity index (χ4v) is 5.16. The van der Waals surface area contributed by atoms with E-state index in [1.54, 1.807) is 11.8 Å². The fourth-order valence-electron chi connectivity index (χ4n) is 2.66. The van der Waals surface area contributed by atoms with Crippen molar-refractivity contribution in [2.75, 3.05) is 50.1 Å². The van der Waals surface area contributed by atoms with Crippen LogP contribution in [0.4, 0.5) is 0 Å². The first-order valence-corrected chi connectivity index (χ1v) is 10.4. The minimum absolute atomic E-state index is 0. The second kappa shape index (κ2) is 10.0. The summed E-state index contributed by atoms with van der Waals surface area (Å²) >= 11 is 1.76. The average Bonchev–Trinajstić information content (AvgIpc) is 2.55. The summed E-state index contributed by atoms with van der Waals surface area (Å²) in [7, 11) is -3.29. The molecule has 1 atom stereocenters. The van der Waals surface area contributed by atoms with Crippen molar-refractivity contribution in [1.82, 2.24) is 9.62 Å². The van der Waals surface area contributed by atoms with E-state index in [0.29, 0.717) is 26.3 Å². The summed E-state index contributed by atoms with van der Waals surface area (Å²) in [5, 5.41) is 2.66. The van der Waals surface area contributed by atoms with Crippen molar-refractivity contribution in [3.05, 3.63) is 0 Å². The first-order valence-electron chi connectivity index (χ1n) is 7.67. The van der Waals surface area contributed by atoms with Gasteiger partial charge in [0.05, 0.1) is 11.8 Å². The van der Waals surface area contributed by atoms with Crippen molar-refractivity contribution in [3.63, 3.8) is 0 Å². The van der Waals surface area contributed by atoms with Gasteiger partial charge in [-0.15, -0.1) is 12.4 Å². The van der Waals surface area contributed by atoms with Gasteiger partial charge in [0.2, 0.25) is 15.9 Å². The molecule has 0 aromatic rings. The molecule has 0 aromatic heterocycles. The Kier molecular flexibility index (Phi) is 9.17. The van der Waals surface area contributed by atoms with Crippen molar-refractivity contribution in [3.8, 4) is 0 Å². The van der Waals surface area contributed by atoms with Gasteiger partial charge in [-0.3, -0.25) is 4.79 Å². The predicted octanol–water partition coefficient (Wildman–Crippen LogP) is -0.343. The lowest BCUT2D eigenvalue weighted by molar-refractivity contribution is -0.124. The zero-order valence-corrected chi connectivity index (χ0v) is 15.6. The molecule has 2 aliphatic rings. The molecule has 1 amide bonds. The molecule has 2 rings (SSSR count). The minimum Gasteiger partial charge on any atom is -0.381 e. The lowest BCUT2D eigenvalue weighted by atomic mass is 9.92. The third-order valence-corrected chi connectivity index (χ3v) is 6.91. The molecular weight excluding hydrogens is 362 g/mol. The minimum atomic E-state index is -3.29. The number of amides is 1. The number of carbonyl (C=O) groups is 1. The van der Waals surface area contributed by atoms with Gasteiger partial charge in [-0.2, -0.15) is 11.8 Å². The maximum Gasteiger partial charge on any atom is 0.237 e. The van der Waals surface area contributed by atoms with Crippen molar-refractivity contribution in [1.29, 1.82) is 0 Å². The monoisotopic (exact) mass is 387 g/mol. The van der Waals surface area contributed by atoms with Crippen LogP contribution in [0, 0.1) is 5.92 Å². The lowest BCUT2D eigenvalue weighted by Gasteiger charge is -2.27. The second-order valence-corrected chi connectivity index (χ2v) is 8.91. The van der Waals surface area contributed by atoms with Crippen LogP contribution in [-0.4, -0.2) is 74.8 Å². The Hall–Kier alpha value is -0.0600. The number of nitrogens with zero attached hydrogens (tertiary/aromatic N) is 1. The molecule has 7 nitrogen and oxygen atoms in total. The van der Waals surface area contributed by atoms with Gasteiger partial charge in [0.15, 0.2) is 0 Å². The number of sulfonamides is 1. The fraction of sp³-hybridized carbons (Fsp3) is 0.923. The summed E-state index contributed by atoms with van der Waals surface area (Å²) in [6.45, 7) is 2.49. The number of rotatable bonds is 6. The molecule has 0 radical (unpaired) electrons. The van der Waals surface area contributed by atoms with Crippen molar-refractivity contribution >= 4 is 40.1 Å². The molecule has 2 fully saturated rings. The Morgan fingerprint density at radius 2 is 1.91 bits per heavy atom. The molecule has 10 heteroatoms. The molecule has 0 saturated carbocycles. The third kappa shape index (κ3) is 6.39. The zero-order chi connectivity index (χ0) is 16.0. The highest BCUT2D eigenvalue weighted by molar-refractivity contribution is 7.99. The Bertz CT molecular complexity index is 466. The Balaban J connectivity index is 0.00000264. The number of hydrogen-bond donors (Lipinski definition) is 2. The van der Waals surface area contributed by atoms with E-state index in [9.17, 15) is 13.2 Å². The number of nitrogens with two attached hydrogens (primary N) is 1. The van der Waals surface area contributed by atoms with Crippen LogP contribution in [0.25, 0.3) is 0 Å². The van der Waals surface area contributed by atoms with Crippen LogP contribution in [0.3, 0.4) is 0 Å². The first kappa shape index (κ1) is 21.0. The molecular formula is C13H26ClN3O4S2. The average molecular weight is 388 g/mol. The van der Waals surface area contributed by atoms with Crippen molar-refractivity contribution in [2.24, 2.45) is 11.7 Å². The van der Waals surface area contributed by atoms with E-state index in [2.05, 4.69) is 5.32 Å². The van der Waals surface area contributed by atoms with Crippen LogP contribution in [0.5, 0.6) is 0 Å². The van der Waals surface area contributed by atoms with E-state index < -0.39 is 16.1 Å². The van der Waals surface area contributed by atoms with E-state index >= 15 is 0 Å². The van der Waals surface area contributed by atoms with Gasteiger partial charge in [0.1, 0.15) is 0 Å². The Morgan fingerprint density at radius 3 is 2.52 bits per heavy atom. The van der Waals surface area contributed by atoms with Crippen molar-refractivity contribution in [2.45, 2.75) is 18.9 Å². The van der Waals surface area contributed by atoms with Gasteiger partial charge >= 0.3 is 0 Å². The Labute approximate surface area is 148 Å². The molecule has 23 heavy (non-hydrogen) atoms. The van der Waals surface area contributed by atoms with Crippen LogP contribution < -0.4 is 11.1 Å². The molecule has 2 heterocycles. The van der Waals surface area contributed by atoms with E-state index in [-0.39, 0.29) is 36.5 Å². The largest absolute Gasteiger partial charge is 0.381 e. The highest BCUT2D eigenvalue weighted by atomic mass is 35.5. The molecule has 0 spiro atoms. The molecule has 0 aromatic carbocycles. The van der Waals surface area contributed by atoms with Gasteiger partial charge in [0.25, 0.3) is 0 Å². The number of ether oxygens (including phenoxy) is 1. The molecule has 0 bridgehead atoms. The van der Waals surface area contributed by atoms with Gasteiger partial charge in [-0.1, -0.05) is 0 Å². The van der Waals surface area contributed by atoms with Crippen molar-refractivity contribution < 1.29 is 17.9 Å². The second-order valence-electron chi connectivity index (χ2n) is 5.59. The van der Waals surface area contributed by atoms with E-state index in [4.69, 9.17) is 10.5 Å². The normalized spacial score (nSPS) is 22.1. The topological polar surface area (TPSA) is 102 Å². The van der Waals surface area contributed by atoms with E-state index in [1.807, 2.05) is 0 Å². The molecule has 2 aliphatic heterocycles. The lowest BCUT2D eigenvalue weighted by Crippen LogP contribution is -2.49. The molecule has 0 aliphatic carbocycles. The standard InChI is InChI=1S/C13H25N3O4S2.ClH/c14-12(11-1-6-20-7-2-11)13(17)15-3-10-22(18,19)16-4-8-21-9-5-16;/h11-12H,1-10,14H2,(H,15,17);1H. The van der Waals surface area contributed by atoms with E-state index in [1.165, 1.54) is 4.31 Å². The molecule has 3 N–H and O–H groups in total. The van der Waals surface area contributed by atoms with Gasteiger partial charge in [-0.25, -0.2) is 12.7 Å². The SMILES string of the molecule is Cl.NC(C(=O)NCCS(=O)(=O)N1CCSCC1)C1CCOCC1. The van der Waals surface area contributed by atoms with Crippen LogP contribution in [0.15, 0.2) is 0 Å². The van der Waals surface area contributed by atoms with Crippen LogP contribution in [0.1, 0.15) is 12.8 Å². The summed E-state index contributed by atoms with van der Waals surface area (Å²) in [5.74, 6) is 1.45. The zero-order valence-electron chi connectivity index (χ0n) is 13.1. The van der Waals surface area contributed by atoms with Gasteiger partial charge in [-0.05, 0) is 18.8 Å². The highest BCUT2D eigenvalue weighted by Gasteiger charge is 2.27. The summed E-state index contributed by atoms with van der Waals surface area (Å²) in [6, 6.07) is -0.585. The molecule has 2 saturated heterocycles. The number of halogens is 1. The number of thioether (sulfide) groups is 1. The van der Waals surface area contributed by atoms with Gasteiger partial charge in [0, 0.05) is 44.4 Å². The van der Waals surface area contributed by atoms with Gasteiger partial charge < -0.3 is 15.8 Å². The van der Waals surface area contributed by atoms with E-state index in [0.717, 1.165) is 24.3 Å². The smallest absolute Gasteiger partial charge is 0.237 e. The first-order chi connectivity index (χ1) is 10.5. The predicted molar refractivity (Wildman–Crippen MR) is 94.5 cm³/mol. The summed E-state index contributed by atoms with van der Waals surface area (Å²) in [4.78, 5) is 12.0. The maximum absolute atomic E-state index is 12.2. The Morgan fingerprint density at radius 1 is 1.30 bits per heavy atom. The number of nitrogens with one attached hydrogen (secondary N) is 1. The quantitative estimate of drug-likeness (QED) is 0.646. The molecule has 136 valence electrons. The van der Waals surface area contributed by atoms with Crippen LogP contribution >= 0.6 is 24.2 Å². The summed E-state index contributed by atoms with van der Waals surface area (Å²) in [5.41, 5.74) is 5.95. The maximum atomic E-state index is 12.2. The van der Waals surface area contributed by atoms with Crippen LogP contribution in [0.2, 0.25) is 0 Å². The van der Waals surface area contributed by atoms with Crippen LogP contribution in [-0.2, 0) is 19.6 Å². The third-order valence-electron chi connectivity index (χ3n) is 4.10. The summed E-state index contributed by atoms with van der Waals surface area (Å²) in [6.07, 6.45) is 1.55. The molecule has 1 unspecified atom stereocenters. The summed E-state index contributed by atoms with van der Waals surface area (Å²) < 4.78 is 31.1.